The van der Waals surface area contributed by atoms with Crippen molar-refractivity contribution in [3.05, 3.63) is 16.1 Å². The van der Waals surface area contributed by atoms with Gasteiger partial charge in [0.15, 0.2) is 10.4 Å². The highest BCUT2D eigenvalue weighted by molar-refractivity contribution is 9.10. The van der Waals surface area contributed by atoms with E-state index in [-0.39, 0.29) is 11.4 Å². The van der Waals surface area contributed by atoms with Gasteiger partial charge in [-0.25, -0.2) is 4.39 Å². The second kappa shape index (κ2) is 8.92. The first-order valence-corrected chi connectivity index (χ1v) is 9.16. The second-order valence-electron chi connectivity index (χ2n) is 6.37. The lowest BCUT2D eigenvalue weighted by molar-refractivity contribution is 0.223. The van der Waals surface area contributed by atoms with Crippen molar-refractivity contribution in [3.63, 3.8) is 0 Å². The van der Waals surface area contributed by atoms with Crippen LogP contribution in [0.5, 0.6) is 0 Å². The van der Waals surface area contributed by atoms with Crippen LogP contribution in [0.15, 0.2) is 4.60 Å². The number of hydrogen-bond acceptors (Lipinski definition) is 1. The van der Waals surface area contributed by atoms with Gasteiger partial charge in [0.1, 0.15) is 0 Å². The summed E-state index contributed by atoms with van der Waals surface area (Å²) >= 11 is 3.22. The van der Waals surface area contributed by atoms with Crippen LogP contribution < -0.4 is 0 Å². The summed E-state index contributed by atoms with van der Waals surface area (Å²) in [6, 6.07) is 0. The Kier molecular flexibility index (Phi) is 7.93. The molecule has 0 bridgehead atoms. The molecule has 0 spiro atoms. The van der Waals surface area contributed by atoms with Crippen LogP contribution in [0.1, 0.15) is 84.3 Å². The smallest absolute Gasteiger partial charge is 0.178 e. The zero-order valence-electron chi connectivity index (χ0n) is 14.0. The van der Waals surface area contributed by atoms with Crippen molar-refractivity contribution in [2.75, 3.05) is 0 Å². The van der Waals surface area contributed by atoms with Crippen LogP contribution in [0, 0.1) is 12.7 Å². The molecule has 4 heteroatoms. The van der Waals surface area contributed by atoms with E-state index in [1.165, 1.54) is 32.1 Å². The first-order chi connectivity index (χ1) is 9.96. The molecule has 0 saturated carbocycles. The van der Waals surface area contributed by atoms with Crippen LogP contribution in [-0.4, -0.2) is 9.78 Å². The minimum atomic E-state index is -0.219. The standard InChI is InChI=1S/C17H30BrFN2/c1-5-7-9-10-11-13-17(4,12-8-6-2)21-14(3)15(19)16(18)20-21/h5-13H2,1-4H3. The Morgan fingerprint density at radius 1 is 1.05 bits per heavy atom. The first kappa shape index (κ1) is 18.7. The van der Waals surface area contributed by atoms with Crippen molar-refractivity contribution in [2.45, 2.75) is 91.0 Å². The highest BCUT2D eigenvalue weighted by Crippen LogP contribution is 2.33. The number of halogens is 2. The molecule has 1 aromatic heterocycles. The van der Waals surface area contributed by atoms with E-state index in [1.807, 2.05) is 11.6 Å². The van der Waals surface area contributed by atoms with Gasteiger partial charge in [-0.3, -0.25) is 4.68 Å². The molecule has 1 atom stereocenters. The summed E-state index contributed by atoms with van der Waals surface area (Å²) in [6.07, 6.45) is 10.8. The van der Waals surface area contributed by atoms with Gasteiger partial charge >= 0.3 is 0 Å². The van der Waals surface area contributed by atoms with Crippen LogP contribution in [-0.2, 0) is 5.54 Å². The molecule has 0 N–H and O–H groups in total. The van der Waals surface area contributed by atoms with Crippen molar-refractivity contribution in [2.24, 2.45) is 0 Å². The average molecular weight is 361 g/mol. The highest BCUT2D eigenvalue weighted by atomic mass is 79.9. The quantitative estimate of drug-likeness (QED) is 0.444. The Hall–Kier alpha value is -0.380. The van der Waals surface area contributed by atoms with Crippen molar-refractivity contribution in [1.82, 2.24) is 9.78 Å². The normalized spacial score (nSPS) is 14.4. The largest absolute Gasteiger partial charge is 0.260 e. The van der Waals surface area contributed by atoms with E-state index < -0.39 is 0 Å². The number of rotatable bonds is 10. The van der Waals surface area contributed by atoms with Crippen LogP contribution in [0.4, 0.5) is 4.39 Å². The molecule has 0 saturated heterocycles. The molecule has 122 valence electrons. The Morgan fingerprint density at radius 2 is 1.62 bits per heavy atom. The molecule has 0 radical (unpaired) electrons. The number of hydrogen-bond donors (Lipinski definition) is 0. The minimum Gasteiger partial charge on any atom is -0.260 e. The number of nitrogens with zero attached hydrogens (tertiary/aromatic N) is 2. The molecule has 1 unspecified atom stereocenters. The van der Waals surface area contributed by atoms with Gasteiger partial charge < -0.3 is 0 Å². The molecule has 2 nitrogen and oxygen atoms in total. The molecule has 0 fully saturated rings. The molecular weight excluding hydrogens is 331 g/mol. The van der Waals surface area contributed by atoms with E-state index in [0.29, 0.717) is 10.3 Å². The number of unbranched alkanes of at least 4 members (excludes halogenated alkanes) is 5. The summed E-state index contributed by atoms with van der Waals surface area (Å²) in [7, 11) is 0. The molecule has 1 rings (SSSR count). The number of aromatic nitrogens is 2. The second-order valence-corrected chi connectivity index (χ2v) is 7.12. The van der Waals surface area contributed by atoms with Crippen LogP contribution in [0.3, 0.4) is 0 Å². The molecule has 0 amide bonds. The lowest BCUT2D eigenvalue weighted by atomic mass is 9.88. The Labute approximate surface area is 137 Å². The van der Waals surface area contributed by atoms with Gasteiger partial charge in [-0.1, -0.05) is 58.8 Å². The van der Waals surface area contributed by atoms with E-state index in [2.05, 4.69) is 41.8 Å². The third kappa shape index (κ3) is 5.08. The van der Waals surface area contributed by atoms with E-state index in [1.54, 1.807) is 0 Å². The van der Waals surface area contributed by atoms with E-state index in [0.717, 1.165) is 25.7 Å². The molecule has 1 heterocycles. The highest BCUT2D eigenvalue weighted by Gasteiger charge is 2.30. The molecule has 21 heavy (non-hydrogen) atoms. The summed E-state index contributed by atoms with van der Waals surface area (Å²) in [5.41, 5.74) is 0.577. The topological polar surface area (TPSA) is 17.8 Å². The van der Waals surface area contributed by atoms with Crippen molar-refractivity contribution in [3.8, 4) is 0 Å². The Balaban J connectivity index is 2.79. The summed E-state index contributed by atoms with van der Waals surface area (Å²) in [4.78, 5) is 0. The summed E-state index contributed by atoms with van der Waals surface area (Å²) in [5, 5.41) is 4.41. The van der Waals surface area contributed by atoms with E-state index >= 15 is 0 Å². The lowest BCUT2D eigenvalue weighted by Crippen LogP contribution is -2.32. The fraction of sp³-hybridized carbons (Fsp3) is 0.824. The zero-order chi connectivity index (χ0) is 15.9. The molecule has 0 aromatic carbocycles. The van der Waals surface area contributed by atoms with Crippen LogP contribution in [0.25, 0.3) is 0 Å². The van der Waals surface area contributed by atoms with Gasteiger partial charge in [0.2, 0.25) is 0 Å². The maximum absolute atomic E-state index is 14.0. The van der Waals surface area contributed by atoms with Crippen molar-refractivity contribution < 1.29 is 4.39 Å². The van der Waals surface area contributed by atoms with Gasteiger partial charge in [-0.15, -0.1) is 0 Å². The van der Waals surface area contributed by atoms with Crippen molar-refractivity contribution in [1.29, 1.82) is 0 Å². The summed E-state index contributed by atoms with van der Waals surface area (Å²) in [5.74, 6) is -0.219. The van der Waals surface area contributed by atoms with Gasteiger partial charge in [0, 0.05) is 0 Å². The van der Waals surface area contributed by atoms with Crippen LogP contribution >= 0.6 is 15.9 Å². The van der Waals surface area contributed by atoms with Crippen LogP contribution in [0.2, 0.25) is 0 Å². The van der Waals surface area contributed by atoms with Gasteiger partial charge in [-0.05, 0) is 42.6 Å². The average Bonchev–Trinajstić information content (AvgIpc) is 2.73. The molecular formula is C17H30BrFN2. The third-order valence-electron chi connectivity index (χ3n) is 4.40. The molecule has 0 aliphatic carbocycles. The van der Waals surface area contributed by atoms with Gasteiger partial charge in [0.25, 0.3) is 0 Å². The maximum atomic E-state index is 14.0. The summed E-state index contributed by atoms with van der Waals surface area (Å²) < 4.78 is 16.2. The van der Waals surface area contributed by atoms with Gasteiger partial charge in [0.05, 0.1) is 11.2 Å². The predicted octanol–water partition coefficient (Wildman–Crippen LogP) is 6.36. The third-order valence-corrected chi connectivity index (χ3v) is 4.91. The first-order valence-electron chi connectivity index (χ1n) is 8.37. The van der Waals surface area contributed by atoms with E-state index in [9.17, 15) is 4.39 Å². The van der Waals surface area contributed by atoms with Gasteiger partial charge in [-0.2, -0.15) is 5.10 Å². The predicted molar refractivity (Wildman–Crippen MR) is 91.2 cm³/mol. The monoisotopic (exact) mass is 360 g/mol. The fourth-order valence-electron chi connectivity index (χ4n) is 2.98. The fourth-order valence-corrected chi connectivity index (χ4v) is 3.42. The van der Waals surface area contributed by atoms with Crippen molar-refractivity contribution >= 4 is 15.9 Å². The SMILES string of the molecule is CCCCCCCC(C)(CCCC)n1nc(Br)c(F)c1C. The minimum absolute atomic E-state index is 0.0703. The van der Waals surface area contributed by atoms with E-state index in [4.69, 9.17) is 0 Å². The molecule has 1 aromatic rings. The Bertz CT molecular complexity index is 431. The Morgan fingerprint density at radius 3 is 2.14 bits per heavy atom. The summed E-state index contributed by atoms with van der Waals surface area (Å²) in [6.45, 7) is 8.50. The lowest BCUT2D eigenvalue weighted by Gasteiger charge is -2.31. The maximum Gasteiger partial charge on any atom is 0.178 e. The molecule has 0 aliphatic heterocycles. The zero-order valence-corrected chi connectivity index (χ0v) is 15.6. The molecule has 0 aliphatic rings.